The molecule has 3 fully saturated rings. The third-order valence-corrected chi connectivity index (χ3v) is 6.48. The van der Waals surface area contributed by atoms with E-state index in [-0.39, 0.29) is 18.6 Å². The van der Waals surface area contributed by atoms with Gasteiger partial charge in [-0.1, -0.05) is 12.1 Å². The molecule has 3 aliphatic rings. The van der Waals surface area contributed by atoms with Crippen LogP contribution in [-0.4, -0.2) is 31.8 Å². The highest BCUT2D eigenvalue weighted by atomic mass is 19.4. The zero-order valence-electron chi connectivity index (χ0n) is 16.2. The molecule has 8 heteroatoms. The molecule has 0 atom stereocenters. The SMILES string of the molecule is NC/C(=C\F)COc1ccc(C23CCC(C(=O)NCC(F)(F)F)(CC2)CC3)cc1. The van der Waals surface area contributed by atoms with E-state index in [9.17, 15) is 22.4 Å². The van der Waals surface area contributed by atoms with Crippen molar-refractivity contribution < 1.29 is 27.1 Å². The number of benzene rings is 1. The summed E-state index contributed by atoms with van der Waals surface area (Å²) in [7, 11) is 0. The first-order valence-corrected chi connectivity index (χ1v) is 9.79. The smallest absolute Gasteiger partial charge is 0.405 e. The molecule has 0 radical (unpaired) electrons. The second-order valence-corrected chi connectivity index (χ2v) is 8.14. The van der Waals surface area contributed by atoms with E-state index in [4.69, 9.17) is 10.5 Å². The van der Waals surface area contributed by atoms with Gasteiger partial charge >= 0.3 is 6.18 Å². The number of ether oxygens (including phenoxy) is 1. The molecule has 0 spiro atoms. The molecular formula is C21H26F4N2O2. The first-order chi connectivity index (χ1) is 13.7. The van der Waals surface area contributed by atoms with E-state index in [1.165, 1.54) is 0 Å². The van der Waals surface area contributed by atoms with E-state index in [2.05, 4.69) is 5.32 Å². The molecule has 0 aromatic heterocycles. The Kier molecular flexibility index (Phi) is 6.22. The lowest BCUT2D eigenvalue weighted by molar-refractivity contribution is -0.149. The van der Waals surface area contributed by atoms with Gasteiger partial charge in [-0.2, -0.15) is 13.2 Å². The van der Waals surface area contributed by atoms with Gasteiger partial charge in [0.25, 0.3) is 0 Å². The molecule has 0 heterocycles. The van der Waals surface area contributed by atoms with E-state index >= 15 is 0 Å². The number of hydrogen-bond donors (Lipinski definition) is 2. The van der Waals surface area contributed by atoms with Crippen molar-refractivity contribution in [2.24, 2.45) is 11.1 Å². The number of amides is 1. The van der Waals surface area contributed by atoms with Crippen LogP contribution in [0, 0.1) is 5.41 Å². The van der Waals surface area contributed by atoms with Crippen molar-refractivity contribution in [3.8, 4) is 5.75 Å². The van der Waals surface area contributed by atoms with Gasteiger partial charge in [0.2, 0.25) is 5.91 Å². The summed E-state index contributed by atoms with van der Waals surface area (Å²) in [6.45, 7) is -1.09. The van der Waals surface area contributed by atoms with Gasteiger partial charge in [0.05, 0.1) is 6.33 Å². The number of nitrogens with two attached hydrogens (primary N) is 1. The molecule has 3 N–H and O–H groups in total. The highest BCUT2D eigenvalue weighted by molar-refractivity contribution is 5.83. The summed E-state index contributed by atoms with van der Waals surface area (Å²) in [4.78, 5) is 12.4. The molecule has 3 aliphatic carbocycles. The fraction of sp³-hybridized carbons (Fsp3) is 0.571. The number of carbonyl (C=O) groups is 1. The maximum Gasteiger partial charge on any atom is 0.405 e. The highest BCUT2D eigenvalue weighted by Crippen LogP contribution is 2.57. The first kappa shape index (κ1) is 21.6. The van der Waals surface area contributed by atoms with Crippen LogP contribution in [0.2, 0.25) is 0 Å². The van der Waals surface area contributed by atoms with Crippen molar-refractivity contribution in [3.63, 3.8) is 0 Å². The Morgan fingerprint density at radius 2 is 1.69 bits per heavy atom. The van der Waals surface area contributed by atoms with Gasteiger partial charge in [-0.25, -0.2) is 4.39 Å². The molecule has 1 aromatic carbocycles. The molecule has 3 saturated carbocycles. The quantitative estimate of drug-likeness (QED) is 0.659. The van der Waals surface area contributed by atoms with Gasteiger partial charge in [0, 0.05) is 17.5 Å². The zero-order chi connectivity index (χ0) is 21.1. The van der Waals surface area contributed by atoms with Gasteiger partial charge in [-0.3, -0.25) is 4.79 Å². The molecule has 0 saturated heterocycles. The van der Waals surface area contributed by atoms with E-state index in [1.54, 1.807) is 0 Å². The summed E-state index contributed by atoms with van der Waals surface area (Å²) < 4.78 is 55.4. The van der Waals surface area contributed by atoms with E-state index in [0.717, 1.165) is 24.8 Å². The van der Waals surface area contributed by atoms with Gasteiger partial charge < -0.3 is 15.8 Å². The van der Waals surface area contributed by atoms with Crippen molar-refractivity contribution in [2.45, 2.75) is 50.1 Å². The number of nitrogens with one attached hydrogen (secondary N) is 1. The minimum absolute atomic E-state index is 0.0498. The van der Waals surface area contributed by atoms with Crippen LogP contribution in [0.4, 0.5) is 17.6 Å². The summed E-state index contributed by atoms with van der Waals surface area (Å²) in [5.41, 5.74) is 6.20. The second-order valence-electron chi connectivity index (χ2n) is 8.14. The van der Waals surface area contributed by atoms with E-state index in [0.29, 0.717) is 36.9 Å². The molecule has 1 aromatic rings. The number of carbonyl (C=O) groups excluding carboxylic acids is 1. The minimum Gasteiger partial charge on any atom is -0.489 e. The summed E-state index contributed by atoms with van der Waals surface area (Å²) in [5, 5.41) is 2.08. The van der Waals surface area contributed by atoms with Gasteiger partial charge in [-0.05, 0) is 61.6 Å². The maximum atomic E-state index is 12.6. The summed E-state index contributed by atoms with van der Waals surface area (Å²) in [6, 6.07) is 7.64. The zero-order valence-corrected chi connectivity index (χ0v) is 16.2. The predicted molar refractivity (Wildman–Crippen MR) is 101 cm³/mol. The van der Waals surface area contributed by atoms with Crippen molar-refractivity contribution in [1.29, 1.82) is 0 Å². The second kappa shape index (κ2) is 8.34. The van der Waals surface area contributed by atoms with Crippen molar-refractivity contribution in [3.05, 3.63) is 41.7 Å². The molecule has 29 heavy (non-hydrogen) atoms. The normalized spacial score (nSPS) is 27.0. The number of rotatable bonds is 7. The van der Waals surface area contributed by atoms with Gasteiger partial charge in [-0.15, -0.1) is 0 Å². The average Bonchev–Trinajstić information content (AvgIpc) is 2.74. The van der Waals surface area contributed by atoms with Crippen LogP contribution in [0.3, 0.4) is 0 Å². The molecule has 4 rings (SSSR count). The summed E-state index contributed by atoms with van der Waals surface area (Å²) in [5.74, 6) is 0.147. The minimum atomic E-state index is -4.39. The van der Waals surface area contributed by atoms with Crippen LogP contribution in [0.1, 0.15) is 44.1 Å². The lowest BCUT2D eigenvalue weighted by atomic mass is 9.51. The van der Waals surface area contributed by atoms with Crippen LogP contribution >= 0.6 is 0 Å². The first-order valence-electron chi connectivity index (χ1n) is 9.79. The Labute approximate surface area is 167 Å². The van der Waals surface area contributed by atoms with Crippen LogP contribution in [0.15, 0.2) is 36.2 Å². The van der Waals surface area contributed by atoms with Crippen molar-refractivity contribution in [2.75, 3.05) is 19.7 Å². The Hall–Kier alpha value is -2.09. The Morgan fingerprint density at radius 1 is 1.10 bits per heavy atom. The van der Waals surface area contributed by atoms with E-state index < -0.39 is 24.0 Å². The molecule has 1 amide bonds. The van der Waals surface area contributed by atoms with Gasteiger partial charge in [0.15, 0.2) is 0 Å². The lowest BCUT2D eigenvalue weighted by Crippen LogP contribution is -2.52. The standard InChI is InChI=1S/C21H26F4N2O2/c22-11-15(12-26)13-29-17-3-1-16(2-4-17)19-5-8-20(9-6-19,10-7-19)18(28)27-14-21(23,24)25/h1-4,11H,5-10,12-14,26H2,(H,27,28)/b15-11+. The Balaban J connectivity index is 1.61. The Bertz CT molecular complexity index is 734. The molecule has 2 bridgehead atoms. The summed E-state index contributed by atoms with van der Waals surface area (Å²) >= 11 is 0. The number of alkyl halides is 3. The number of halogens is 4. The highest BCUT2D eigenvalue weighted by Gasteiger charge is 2.53. The van der Waals surface area contributed by atoms with Gasteiger partial charge in [0.1, 0.15) is 18.9 Å². The van der Waals surface area contributed by atoms with Crippen LogP contribution < -0.4 is 15.8 Å². The van der Waals surface area contributed by atoms with Crippen molar-refractivity contribution in [1.82, 2.24) is 5.32 Å². The third-order valence-electron chi connectivity index (χ3n) is 6.48. The van der Waals surface area contributed by atoms with Crippen LogP contribution in [0.5, 0.6) is 5.75 Å². The Morgan fingerprint density at radius 3 is 2.17 bits per heavy atom. The monoisotopic (exact) mass is 414 g/mol. The van der Waals surface area contributed by atoms with Crippen LogP contribution in [-0.2, 0) is 10.2 Å². The largest absolute Gasteiger partial charge is 0.489 e. The maximum absolute atomic E-state index is 12.6. The van der Waals surface area contributed by atoms with Crippen molar-refractivity contribution >= 4 is 5.91 Å². The molecule has 4 nitrogen and oxygen atoms in total. The van der Waals surface area contributed by atoms with E-state index in [1.807, 2.05) is 24.3 Å². The molecular weight excluding hydrogens is 388 g/mol. The fourth-order valence-electron chi connectivity index (χ4n) is 4.54. The molecule has 0 aliphatic heterocycles. The number of hydrogen-bond acceptors (Lipinski definition) is 3. The lowest BCUT2D eigenvalue weighted by Gasteiger charge is -2.52. The average molecular weight is 414 g/mol. The summed E-state index contributed by atoms with van der Waals surface area (Å²) in [6.07, 6.45) is 0.155. The van der Waals surface area contributed by atoms with Crippen LogP contribution in [0.25, 0.3) is 0 Å². The number of fused-ring (bicyclic) bond motifs is 3. The molecule has 0 unspecified atom stereocenters. The topological polar surface area (TPSA) is 64.3 Å². The predicted octanol–water partition coefficient (Wildman–Crippen LogP) is 4.15. The third kappa shape index (κ3) is 4.74. The fourth-order valence-corrected chi connectivity index (χ4v) is 4.54. The molecule has 160 valence electrons.